The Bertz CT molecular complexity index is 614. The third-order valence-corrected chi connectivity index (χ3v) is 5.41. The third-order valence-electron chi connectivity index (χ3n) is 3.14. The van der Waals surface area contributed by atoms with E-state index in [1.54, 1.807) is 19.9 Å². The molecular weight excluding hydrogens is 236 g/mol. The normalized spacial score (nSPS) is 25.5. The largest absolute Gasteiger partial charge is 0.379 e. The van der Waals surface area contributed by atoms with Gasteiger partial charge in [-0.05, 0) is 31.9 Å². The first-order valence-electron chi connectivity index (χ1n) is 5.40. The van der Waals surface area contributed by atoms with Crippen molar-refractivity contribution in [1.29, 1.82) is 5.26 Å². The van der Waals surface area contributed by atoms with E-state index in [0.717, 1.165) is 5.56 Å². The maximum atomic E-state index is 12.4. The number of aryl methyl sites for hydroxylation is 2. The molecule has 4 nitrogen and oxygen atoms in total. The molecule has 1 N–H and O–H groups in total. The number of benzene rings is 1. The summed E-state index contributed by atoms with van der Waals surface area (Å²) in [6, 6.07) is 5.15. The average molecular weight is 250 g/mol. The van der Waals surface area contributed by atoms with Gasteiger partial charge in [0.25, 0.3) is 0 Å². The van der Waals surface area contributed by atoms with Crippen molar-refractivity contribution in [1.82, 2.24) is 0 Å². The van der Waals surface area contributed by atoms with Gasteiger partial charge in [-0.3, -0.25) is 0 Å². The maximum Gasteiger partial charge on any atom is 0.198 e. The van der Waals surface area contributed by atoms with Crippen molar-refractivity contribution < 1.29 is 8.42 Å². The highest BCUT2D eigenvalue weighted by Crippen LogP contribution is 2.36. The Kier molecular flexibility index (Phi) is 2.63. The van der Waals surface area contributed by atoms with Gasteiger partial charge in [0.1, 0.15) is 0 Å². The second-order valence-corrected chi connectivity index (χ2v) is 6.44. The van der Waals surface area contributed by atoms with E-state index in [0.29, 0.717) is 11.3 Å². The molecule has 0 spiro atoms. The number of hydrogen-bond donors (Lipinski definition) is 1. The van der Waals surface area contributed by atoms with E-state index in [1.807, 2.05) is 19.1 Å². The molecule has 90 valence electrons. The minimum atomic E-state index is -3.56. The summed E-state index contributed by atoms with van der Waals surface area (Å²) >= 11 is 0. The number of nitriles is 1. The van der Waals surface area contributed by atoms with Gasteiger partial charge in [-0.1, -0.05) is 12.1 Å². The van der Waals surface area contributed by atoms with Crippen LogP contribution in [-0.4, -0.2) is 19.7 Å². The molecule has 0 saturated carbocycles. The van der Waals surface area contributed by atoms with Gasteiger partial charge < -0.3 is 5.32 Å². The fourth-order valence-corrected chi connectivity index (χ4v) is 4.23. The molecule has 2 rings (SSSR count). The van der Waals surface area contributed by atoms with Crippen LogP contribution in [0, 0.1) is 25.2 Å². The van der Waals surface area contributed by atoms with Gasteiger partial charge in [-0.2, -0.15) is 5.26 Å². The van der Waals surface area contributed by atoms with Crippen molar-refractivity contribution in [3.8, 4) is 6.07 Å². The van der Waals surface area contributed by atoms with E-state index in [2.05, 4.69) is 5.32 Å². The van der Waals surface area contributed by atoms with Gasteiger partial charge in [0.2, 0.25) is 0 Å². The number of nitrogens with zero attached hydrogens (tertiary/aromatic N) is 1. The van der Waals surface area contributed by atoms with E-state index in [1.165, 1.54) is 0 Å². The zero-order valence-electron chi connectivity index (χ0n) is 9.98. The van der Waals surface area contributed by atoms with Crippen LogP contribution in [0.25, 0.3) is 0 Å². The SMILES string of the molecule is Cc1ccc(C)c2c1NC(C)C(C#N)S2(=O)=O. The van der Waals surface area contributed by atoms with Crippen LogP contribution in [0.1, 0.15) is 18.1 Å². The Morgan fingerprint density at radius 2 is 1.88 bits per heavy atom. The van der Waals surface area contributed by atoms with Crippen LogP contribution < -0.4 is 5.32 Å². The van der Waals surface area contributed by atoms with Crippen molar-refractivity contribution in [2.75, 3.05) is 5.32 Å². The zero-order chi connectivity index (χ0) is 12.8. The lowest BCUT2D eigenvalue weighted by atomic mass is 10.1. The van der Waals surface area contributed by atoms with Gasteiger partial charge in [0.15, 0.2) is 15.1 Å². The van der Waals surface area contributed by atoms with Gasteiger partial charge in [0.05, 0.1) is 22.7 Å². The molecule has 0 aromatic heterocycles. The number of anilines is 1. The molecule has 1 aliphatic heterocycles. The van der Waals surface area contributed by atoms with E-state index < -0.39 is 21.1 Å². The molecule has 0 fully saturated rings. The predicted octanol–water partition coefficient (Wildman–Crippen LogP) is 1.78. The number of hydrogen-bond acceptors (Lipinski definition) is 4. The molecule has 0 radical (unpaired) electrons. The van der Waals surface area contributed by atoms with Crippen LogP contribution in [0.4, 0.5) is 5.69 Å². The quantitative estimate of drug-likeness (QED) is 0.762. The molecule has 5 heteroatoms. The topological polar surface area (TPSA) is 70.0 Å². The average Bonchev–Trinajstić information content (AvgIpc) is 2.22. The highest BCUT2D eigenvalue weighted by atomic mass is 32.2. The smallest absolute Gasteiger partial charge is 0.198 e. The Labute approximate surface area is 101 Å². The van der Waals surface area contributed by atoms with E-state index in [-0.39, 0.29) is 4.90 Å². The van der Waals surface area contributed by atoms with E-state index in [4.69, 9.17) is 5.26 Å². The van der Waals surface area contributed by atoms with Crippen LogP contribution in [0.3, 0.4) is 0 Å². The summed E-state index contributed by atoms with van der Waals surface area (Å²) in [6.07, 6.45) is 0. The molecule has 1 heterocycles. The van der Waals surface area contributed by atoms with Gasteiger partial charge in [-0.25, -0.2) is 8.42 Å². The molecule has 1 aliphatic rings. The van der Waals surface area contributed by atoms with Crippen LogP contribution >= 0.6 is 0 Å². The zero-order valence-corrected chi connectivity index (χ0v) is 10.8. The summed E-state index contributed by atoms with van der Waals surface area (Å²) in [5.41, 5.74) is 2.21. The molecule has 0 amide bonds. The third kappa shape index (κ3) is 1.60. The van der Waals surface area contributed by atoms with E-state index >= 15 is 0 Å². The number of fused-ring (bicyclic) bond motifs is 1. The van der Waals surface area contributed by atoms with Crippen molar-refractivity contribution >= 4 is 15.5 Å². The fourth-order valence-electron chi connectivity index (χ4n) is 2.21. The molecule has 1 aromatic rings. The van der Waals surface area contributed by atoms with Crippen molar-refractivity contribution in [2.24, 2.45) is 0 Å². The molecule has 2 unspecified atom stereocenters. The minimum Gasteiger partial charge on any atom is -0.379 e. The Hall–Kier alpha value is -1.54. The molecule has 1 aromatic carbocycles. The predicted molar refractivity (Wildman–Crippen MR) is 65.6 cm³/mol. The number of sulfone groups is 1. The second kappa shape index (κ2) is 3.74. The summed E-state index contributed by atoms with van der Waals surface area (Å²) in [5.74, 6) is 0. The lowest BCUT2D eigenvalue weighted by Gasteiger charge is -2.30. The standard InChI is InChI=1S/C12H14N2O2S/c1-7-4-5-8(2)12-11(7)14-9(3)10(6-13)17(12,15)16/h4-5,9-10,14H,1-3H3. The highest BCUT2D eigenvalue weighted by molar-refractivity contribution is 7.92. The summed E-state index contributed by atoms with van der Waals surface area (Å²) < 4.78 is 24.7. The van der Waals surface area contributed by atoms with Crippen molar-refractivity contribution in [3.05, 3.63) is 23.3 Å². The Morgan fingerprint density at radius 3 is 2.47 bits per heavy atom. The lowest BCUT2D eigenvalue weighted by Crippen LogP contribution is -2.41. The first-order chi connectivity index (χ1) is 7.89. The van der Waals surface area contributed by atoms with Crippen LogP contribution in [0.15, 0.2) is 17.0 Å². The molecule has 0 saturated heterocycles. The fraction of sp³-hybridized carbons (Fsp3) is 0.417. The number of rotatable bonds is 0. The second-order valence-electron chi connectivity index (χ2n) is 4.43. The first kappa shape index (κ1) is 11.9. The van der Waals surface area contributed by atoms with Crippen molar-refractivity contribution in [3.63, 3.8) is 0 Å². The minimum absolute atomic E-state index is 0.280. The summed E-state index contributed by atoms with van der Waals surface area (Å²) in [7, 11) is -3.56. The molecule has 0 aliphatic carbocycles. The summed E-state index contributed by atoms with van der Waals surface area (Å²) in [6.45, 7) is 5.33. The van der Waals surface area contributed by atoms with Gasteiger partial charge in [0, 0.05) is 0 Å². The molecular formula is C12H14N2O2S. The molecule has 2 atom stereocenters. The molecule has 17 heavy (non-hydrogen) atoms. The van der Waals surface area contributed by atoms with Crippen LogP contribution in [-0.2, 0) is 9.84 Å². The van der Waals surface area contributed by atoms with Crippen molar-refractivity contribution in [2.45, 2.75) is 37.0 Å². The molecule has 0 bridgehead atoms. The van der Waals surface area contributed by atoms with Gasteiger partial charge in [-0.15, -0.1) is 0 Å². The Morgan fingerprint density at radius 1 is 1.29 bits per heavy atom. The number of nitrogens with one attached hydrogen (secondary N) is 1. The lowest BCUT2D eigenvalue weighted by molar-refractivity contribution is 0.577. The maximum absolute atomic E-state index is 12.4. The van der Waals surface area contributed by atoms with Crippen LogP contribution in [0.2, 0.25) is 0 Å². The van der Waals surface area contributed by atoms with Gasteiger partial charge >= 0.3 is 0 Å². The monoisotopic (exact) mass is 250 g/mol. The Balaban J connectivity index is 2.81. The highest BCUT2D eigenvalue weighted by Gasteiger charge is 2.40. The van der Waals surface area contributed by atoms with E-state index in [9.17, 15) is 8.42 Å². The summed E-state index contributed by atoms with van der Waals surface area (Å²) in [5, 5.41) is 11.1. The van der Waals surface area contributed by atoms with Crippen LogP contribution in [0.5, 0.6) is 0 Å². The summed E-state index contributed by atoms with van der Waals surface area (Å²) in [4.78, 5) is 0.280. The first-order valence-corrected chi connectivity index (χ1v) is 6.94.